The van der Waals surface area contributed by atoms with Crippen LogP contribution in [-0.2, 0) is 0 Å². The number of aryl methyl sites for hydroxylation is 1. The molecule has 0 saturated heterocycles. The lowest BCUT2D eigenvalue weighted by Crippen LogP contribution is -2.05. The van der Waals surface area contributed by atoms with E-state index in [0.717, 1.165) is 0 Å². The number of hydrogen-bond acceptors (Lipinski definition) is 4. The zero-order valence-electron chi connectivity index (χ0n) is 7.33. The third-order valence-corrected chi connectivity index (χ3v) is 1.68. The van der Waals surface area contributed by atoms with Crippen LogP contribution in [0.1, 0.15) is 31.5 Å². The minimum absolute atomic E-state index is 0.00412. The molecule has 4 heteroatoms. The van der Waals surface area contributed by atoms with Crippen LogP contribution in [0.5, 0.6) is 0 Å². The molecule has 4 nitrogen and oxygen atoms in total. The molecule has 0 amide bonds. The van der Waals surface area contributed by atoms with Gasteiger partial charge < -0.3 is 13.9 Å². The fourth-order valence-corrected chi connectivity index (χ4v) is 0.929. The van der Waals surface area contributed by atoms with Gasteiger partial charge >= 0.3 is 5.82 Å². The quantitative estimate of drug-likeness (QED) is 0.728. The van der Waals surface area contributed by atoms with Gasteiger partial charge in [0.1, 0.15) is 11.9 Å². The SMILES string of the molecule is Cc1oc(=O)oc1C(O)C(C)C. The second-order valence-electron chi connectivity index (χ2n) is 3.06. The van der Waals surface area contributed by atoms with E-state index in [1.807, 2.05) is 13.8 Å². The smallest absolute Gasteiger partial charge is 0.396 e. The van der Waals surface area contributed by atoms with Gasteiger partial charge in [-0.15, -0.1) is 0 Å². The molecule has 0 radical (unpaired) electrons. The Morgan fingerprint density at radius 1 is 1.33 bits per heavy atom. The first-order valence-electron chi connectivity index (χ1n) is 3.81. The molecule has 1 aromatic heterocycles. The summed E-state index contributed by atoms with van der Waals surface area (Å²) in [6, 6.07) is 0. The summed E-state index contributed by atoms with van der Waals surface area (Å²) in [5, 5.41) is 9.50. The van der Waals surface area contributed by atoms with Crippen molar-refractivity contribution in [2.75, 3.05) is 0 Å². The van der Waals surface area contributed by atoms with E-state index in [-0.39, 0.29) is 11.7 Å². The number of aliphatic hydroxyl groups excluding tert-OH is 1. The molecule has 0 spiro atoms. The van der Waals surface area contributed by atoms with Crippen molar-refractivity contribution in [2.24, 2.45) is 5.92 Å². The van der Waals surface area contributed by atoms with E-state index in [2.05, 4.69) is 8.83 Å². The molecule has 0 aromatic carbocycles. The highest BCUT2D eigenvalue weighted by Gasteiger charge is 2.20. The summed E-state index contributed by atoms with van der Waals surface area (Å²) in [5.74, 6) is -0.178. The first kappa shape index (κ1) is 9.06. The second kappa shape index (κ2) is 3.15. The summed E-state index contributed by atoms with van der Waals surface area (Å²) in [5.41, 5.74) is 0. The monoisotopic (exact) mass is 172 g/mol. The average Bonchev–Trinajstić information content (AvgIpc) is 2.28. The van der Waals surface area contributed by atoms with Crippen LogP contribution in [0, 0.1) is 12.8 Å². The molecule has 1 unspecified atom stereocenters. The van der Waals surface area contributed by atoms with E-state index >= 15 is 0 Å². The molecule has 1 N–H and O–H groups in total. The van der Waals surface area contributed by atoms with Crippen molar-refractivity contribution in [1.29, 1.82) is 0 Å². The Labute approximate surface area is 69.8 Å². The summed E-state index contributed by atoms with van der Waals surface area (Å²) < 4.78 is 9.27. The van der Waals surface area contributed by atoms with Crippen LogP contribution >= 0.6 is 0 Å². The molecule has 0 saturated carbocycles. The molecule has 68 valence electrons. The van der Waals surface area contributed by atoms with E-state index in [1.54, 1.807) is 6.92 Å². The van der Waals surface area contributed by atoms with Crippen LogP contribution in [0.15, 0.2) is 13.6 Å². The summed E-state index contributed by atoms with van der Waals surface area (Å²) in [7, 11) is 0. The normalized spacial score (nSPS) is 13.8. The van der Waals surface area contributed by atoms with E-state index in [4.69, 9.17) is 0 Å². The second-order valence-corrected chi connectivity index (χ2v) is 3.06. The van der Waals surface area contributed by atoms with Crippen molar-refractivity contribution < 1.29 is 13.9 Å². The first-order chi connectivity index (χ1) is 5.52. The van der Waals surface area contributed by atoms with Crippen molar-refractivity contribution >= 4 is 0 Å². The van der Waals surface area contributed by atoms with Gasteiger partial charge in [0.2, 0.25) is 0 Å². The Balaban J connectivity index is 3.02. The van der Waals surface area contributed by atoms with Crippen LogP contribution < -0.4 is 5.82 Å². The molecule has 12 heavy (non-hydrogen) atoms. The minimum atomic E-state index is -0.767. The Morgan fingerprint density at radius 3 is 2.25 bits per heavy atom. The van der Waals surface area contributed by atoms with Crippen LogP contribution in [0.2, 0.25) is 0 Å². The highest BCUT2D eigenvalue weighted by Crippen LogP contribution is 2.22. The van der Waals surface area contributed by atoms with Crippen LogP contribution in [0.3, 0.4) is 0 Å². The van der Waals surface area contributed by atoms with Crippen molar-refractivity contribution in [1.82, 2.24) is 0 Å². The molecule has 0 aliphatic carbocycles. The topological polar surface area (TPSA) is 63.6 Å². The molecule has 1 rings (SSSR count). The van der Waals surface area contributed by atoms with E-state index in [0.29, 0.717) is 5.76 Å². The Bertz CT molecular complexity index is 307. The molecule has 1 aromatic rings. The van der Waals surface area contributed by atoms with Gasteiger partial charge in [-0.1, -0.05) is 13.8 Å². The summed E-state index contributed by atoms with van der Waals surface area (Å²) in [6.45, 7) is 5.25. The summed E-state index contributed by atoms with van der Waals surface area (Å²) >= 11 is 0. The van der Waals surface area contributed by atoms with E-state index in [1.165, 1.54) is 0 Å². The maximum atomic E-state index is 10.6. The van der Waals surface area contributed by atoms with Crippen LogP contribution in [0.25, 0.3) is 0 Å². The molecule has 0 bridgehead atoms. The van der Waals surface area contributed by atoms with Gasteiger partial charge in [-0.2, -0.15) is 0 Å². The van der Waals surface area contributed by atoms with Crippen LogP contribution in [-0.4, -0.2) is 5.11 Å². The zero-order chi connectivity index (χ0) is 9.30. The van der Waals surface area contributed by atoms with Gasteiger partial charge in [-0.3, -0.25) is 0 Å². The molecule has 1 heterocycles. The maximum Gasteiger partial charge on any atom is 0.519 e. The predicted molar refractivity (Wildman–Crippen MR) is 41.8 cm³/mol. The van der Waals surface area contributed by atoms with Gasteiger partial charge in [0.15, 0.2) is 5.76 Å². The highest BCUT2D eigenvalue weighted by atomic mass is 16.6. The molecular weight excluding hydrogens is 160 g/mol. The van der Waals surface area contributed by atoms with Gasteiger partial charge in [0, 0.05) is 0 Å². The lowest BCUT2D eigenvalue weighted by molar-refractivity contribution is 0.100. The third kappa shape index (κ3) is 1.58. The van der Waals surface area contributed by atoms with Crippen molar-refractivity contribution in [2.45, 2.75) is 26.9 Å². The van der Waals surface area contributed by atoms with E-state index in [9.17, 15) is 9.90 Å². The number of hydrogen-bond donors (Lipinski definition) is 1. The molecule has 0 fully saturated rings. The van der Waals surface area contributed by atoms with Gasteiger partial charge in [0.05, 0.1) is 0 Å². The highest BCUT2D eigenvalue weighted by molar-refractivity contribution is 5.04. The minimum Gasteiger partial charge on any atom is -0.396 e. The summed E-state index contributed by atoms with van der Waals surface area (Å²) in [6.07, 6.45) is -0.767. The lowest BCUT2D eigenvalue weighted by Gasteiger charge is -2.10. The zero-order valence-corrected chi connectivity index (χ0v) is 7.33. The average molecular weight is 172 g/mol. The van der Waals surface area contributed by atoms with Gasteiger partial charge in [0.25, 0.3) is 0 Å². The van der Waals surface area contributed by atoms with Gasteiger partial charge in [-0.05, 0) is 12.8 Å². The van der Waals surface area contributed by atoms with E-state index < -0.39 is 11.9 Å². The van der Waals surface area contributed by atoms with Crippen molar-refractivity contribution in [3.63, 3.8) is 0 Å². The number of aliphatic hydroxyl groups is 1. The maximum absolute atomic E-state index is 10.6. The fraction of sp³-hybridized carbons (Fsp3) is 0.625. The molecule has 1 atom stereocenters. The largest absolute Gasteiger partial charge is 0.519 e. The lowest BCUT2D eigenvalue weighted by atomic mass is 10.0. The Morgan fingerprint density at radius 2 is 1.92 bits per heavy atom. The molecular formula is C8H12O4. The predicted octanol–water partition coefficient (Wildman–Crippen LogP) is 1.23. The Hall–Kier alpha value is -1.03. The standard InChI is InChI=1S/C8H12O4/c1-4(2)6(9)7-5(3)11-8(10)12-7/h4,6,9H,1-3H3. The van der Waals surface area contributed by atoms with Crippen LogP contribution in [0.4, 0.5) is 0 Å². The summed E-state index contributed by atoms with van der Waals surface area (Å²) in [4.78, 5) is 10.6. The fourth-order valence-electron chi connectivity index (χ4n) is 0.929. The first-order valence-corrected chi connectivity index (χ1v) is 3.81. The van der Waals surface area contributed by atoms with Crippen molar-refractivity contribution in [3.8, 4) is 0 Å². The number of rotatable bonds is 2. The molecule has 0 aliphatic rings. The molecule has 0 aliphatic heterocycles. The van der Waals surface area contributed by atoms with Crippen molar-refractivity contribution in [3.05, 3.63) is 22.1 Å². The Kier molecular flexibility index (Phi) is 2.38. The van der Waals surface area contributed by atoms with Gasteiger partial charge in [-0.25, -0.2) is 4.79 Å². The third-order valence-electron chi connectivity index (χ3n) is 1.68.